The van der Waals surface area contributed by atoms with E-state index < -0.39 is 0 Å². The molecule has 1 radical (unpaired) electrons. The molecule has 0 fully saturated rings. The molecule has 27 heavy (non-hydrogen) atoms. The largest absolute Gasteiger partial charge is 0.337 e. The van der Waals surface area contributed by atoms with Gasteiger partial charge < -0.3 is 4.90 Å². The van der Waals surface area contributed by atoms with Gasteiger partial charge in [0.05, 0.1) is 0 Å². The smallest absolute Gasteiger partial charge is 0.253 e. The molecule has 0 N–H and O–H groups in total. The van der Waals surface area contributed by atoms with Gasteiger partial charge in [0.15, 0.2) is 6.29 Å². The van der Waals surface area contributed by atoms with Crippen LogP contribution in [-0.4, -0.2) is 24.1 Å². The molecule has 0 heterocycles. The quantitative estimate of drug-likeness (QED) is 0.617. The van der Waals surface area contributed by atoms with Crippen LogP contribution in [0.1, 0.15) is 27.9 Å². The van der Waals surface area contributed by atoms with Crippen molar-refractivity contribution in [1.82, 2.24) is 4.90 Å². The second-order valence-electron chi connectivity index (χ2n) is 6.57. The molecule has 3 rings (SSSR count). The van der Waals surface area contributed by atoms with E-state index >= 15 is 0 Å². The van der Waals surface area contributed by atoms with Crippen molar-refractivity contribution in [3.05, 3.63) is 95.6 Å². The molecule has 0 bridgehead atoms. The van der Waals surface area contributed by atoms with Crippen molar-refractivity contribution < 1.29 is 9.59 Å². The molecule has 0 unspecified atom stereocenters. The molecule has 3 nitrogen and oxygen atoms in total. The van der Waals surface area contributed by atoms with E-state index in [4.69, 9.17) is 0 Å². The molecular formula is C24H22NO2. The van der Waals surface area contributed by atoms with Gasteiger partial charge in [-0.25, -0.2) is 0 Å². The van der Waals surface area contributed by atoms with E-state index in [2.05, 4.69) is 24.3 Å². The van der Waals surface area contributed by atoms with Crippen LogP contribution in [0.4, 0.5) is 0 Å². The number of rotatable bonds is 7. The molecule has 3 heteroatoms. The Hall–Kier alpha value is -3.20. The van der Waals surface area contributed by atoms with Crippen LogP contribution in [0.5, 0.6) is 0 Å². The maximum absolute atomic E-state index is 12.5. The van der Waals surface area contributed by atoms with Gasteiger partial charge in [0.25, 0.3) is 5.91 Å². The zero-order valence-electron chi connectivity index (χ0n) is 15.4. The molecule has 0 aliphatic carbocycles. The lowest BCUT2D eigenvalue weighted by molar-refractivity contribution is 0.0785. The van der Waals surface area contributed by atoms with Crippen LogP contribution in [-0.2, 0) is 17.8 Å². The van der Waals surface area contributed by atoms with E-state index in [0.717, 1.165) is 28.7 Å². The first-order chi connectivity index (χ1) is 13.2. The minimum Gasteiger partial charge on any atom is -0.337 e. The summed E-state index contributed by atoms with van der Waals surface area (Å²) in [5, 5.41) is 0. The molecule has 0 aliphatic rings. The van der Waals surface area contributed by atoms with Crippen LogP contribution in [0.25, 0.3) is 11.1 Å². The summed E-state index contributed by atoms with van der Waals surface area (Å²) < 4.78 is 0. The number of nitrogens with zero attached hydrogens (tertiary/aromatic N) is 1. The van der Waals surface area contributed by atoms with Gasteiger partial charge in [-0.2, -0.15) is 0 Å². The zero-order valence-corrected chi connectivity index (χ0v) is 15.4. The number of aryl methyl sites for hydroxylation is 1. The Bertz CT molecular complexity index is 901. The third-order valence-corrected chi connectivity index (χ3v) is 4.52. The highest BCUT2D eigenvalue weighted by Crippen LogP contribution is 2.22. The topological polar surface area (TPSA) is 37.4 Å². The molecule has 0 aromatic heterocycles. The van der Waals surface area contributed by atoms with Crippen molar-refractivity contribution in [3.63, 3.8) is 0 Å². The Morgan fingerprint density at radius 2 is 1.59 bits per heavy atom. The fourth-order valence-corrected chi connectivity index (χ4v) is 3.06. The van der Waals surface area contributed by atoms with Crippen LogP contribution < -0.4 is 0 Å². The van der Waals surface area contributed by atoms with E-state index in [1.54, 1.807) is 4.90 Å². The van der Waals surface area contributed by atoms with E-state index in [1.165, 1.54) is 0 Å². The van der Waals surface area contributed by atoms with Crippen molar-refractivity contribution in [1.29, 1.82) is 0 Å². The van der Waals surface area contributed by atoms with E-state index in [9.17, 15) is 9.59 Å². The summed E-state index contributed by atoms with van der Waals surface area (Å²) in [5.41, 5.74) is 5.14. The Labute approximate surface area is 160 Å². The lowest BCUT2D eigenvalue weighted by Crippen LogP contribution is -2.26. The Kier molecular flexibility index (Phi) is 6.16. The highest BCUT2D eigenvalue weighted by molar-refractivity contribution is 5.93. The predicted octanol–water partition coefficient (Wildman–Crippen LogP) is 4.67. The minimum atomic E-state index is 0.0114. The Morgan fingerprint density at radius 1 is 0.852 bits per heavy atom. The molecule has 0 aliphatic heterocycles. The van der Waals surface area contributed by atoms with Gasteiger partial charge in [0.2, 0.25) is 0 Å². The second-order valence-corrected chi connectivity index (χ2v) is 6.57. The third kappa shape index (κ3) is 4.91. The van der Waals surface area contributed by atoms with Gasteiger partial charge in [-0.3, -0.25) is 9.59 Å². The van der Waals surface area contributed by atoms with Gasteiger partial charge in [0.1, 0.15) is 0 Å². The maximum atomic E-state index is 12.5. The lowest BCUT2D eigenvalue weighted by Gasteiger charge is -2.18. The van der Waals surface area contributed by atoms with E-state index in [1.807, 2.05) is 67.9 Å². The SMILES string of the molecule is CN(Cc1cccc(-c2ccc(CC[C]=O)cc2)c1)C(=O)c1ccccc1. The number of amides is 1. The third-order valence-electron chi connectivity index (χ3n) is 4.52. The van der Waals surface area contributed by atoms with Crippen LogP contribution in [0, 0.1) is 0 Å². The van der Waals surface area contributed by atoms with Crippen molar-refractivity contribution in [2.24, 2.45) is 0 Å². The molecule has 0 atom stereocenters. The Morgan fingerprint density at radius 3 is 2.30 bits per heavy atom. The molecule has 135 valence electrons. The first-order valence-electron chi connectivity index (χ1n) is 9.01. The van der Waals surface area contributed by atoms with Gasteiger partial charge >= 0.3 is 0 Å². The van der Waals surface area contributed by atoms with E-state index in [0.29, 0.717) is 18.5 Å². The number of carbonyl (C=O) groups is 1. The normalized spacial score (nSPS) is 10.4. The summed E-state index contributed by atoms with van der Waals surface area (Å²) in [7, 11) is 1.82. The molecule has 0 spiro atoms. The van der Waals surface area contributed by atoms with Crippen LogP contribution in [0.15, 0.2) is 78.9 Å². The zero-order chi connectivity index (χ0) is 19.1. The van der Waals surface area contributed by atoms with Crippen LogP contribution >= 0.6 is 0 Å². The highest BCUT2D eigenvalue weighted by Gasteiger charge is 2.11. The van der Waals surface area contributed by atoms with Gasteiger partial charge in [-0.05, 0) is 46.9 Å². The molecular weight excluding hydrogens is 334 g/mol. The van der Waals surface area contributed by atoms with Crippen molar-refractivity contribution in [2.45, 2.75) is 19.4 Å². The maximum Gasteiger partial charge on any atom is 0.253 e. The second kappa shape index (κ2) is 8.95. The highest BCUT2D eigenvalue weighted by atomic mass is 16.2. The number of hydrogen-bond donors (Lipinski definition) is 0. The summed E-state index contributed by atoms with van der Waals surface area (Å²) in [4.78, 5) is 24.6. The number of carbonyl (C=O) groups excluding carboxylic acids is 2. The monoisotopic (exact) mass is 356 g/mol. The average molecular weight is 356 g/mol. The predicted molar refractivity (Wildman–Crippen MR) is 108 cm³/mol. The van der Waals surface area contributed by atoms with E-state index in [-0.39, 0.29) is 5.91 Å². The average Bonchev–Trinajstić information content (AvgIpc) is 2.73. The van der Waals surface area contributed by atoms with Crippen LogP contribution in [0.2, 0.25) is 0 Å². The summed E-state index contributed by atoms with van der Waals surface area (Å²) in [5.74, 6) is 0.0114. The first kappa shape index (κ1) is 18.6. The van der Waals surface area contributed by atoms with Crippen LogP contribution in [0.3, 0.4) is 0 Å². The lowest BCUT2D eigenvalue weighted by atomic mass is 10.0. The number of hydrogen-bond acceptors (Lipinski definition) is 2. The molecule has 0 saturated heterocycles. The summed E-state index contributed by atoms with van der Waals surface area (Å²) in [6.07, 6.45) is 3.07. The first-order valence-corrected chi connectivity index (χ1v) is 9.01. The fourth-order valence-electron chi connectivity index (χ4n) is 3.06. The minimum absolute atomic E-state index is 0.0114. The molecule has 1 amide bonds. The van der Waals surface area contributed by atoms with Gasteiger partial charge in [-0.1, -0.05) is 60.7 Å². The van der Waals surface area contributed by atoms with Gasteiger partial charge in [-0.15, -0.1) is 0 Å². The molecule has 3 aromatic carbocycles. The van der Waals surface area contributed by atoms with Crippen molar-refractivity contribution in [2.75, 3.05) is 7.05 Å². The number of benzene rings is 3. The summed E-state index contributed by atoms with van der Waals surface area (Å²) >= 11 is 0. The molecule has 3 aromatic rings. The molecule has 0 saturated carbocycles. The summed E-state index contributed by atoms with van der Waals surface area (Å²) in [6, 6.07) is 25.8. The van der Waals surface area contributed by atoms with Gasteiger partial charge in [0, 0.05) is 25.6 Å². The Balaban J connectivity index is 1.71. The van der Waals surface area contributed by atoms with Crippen molar-refractivity contribution in [3.8, 4) is 11.1 Å². The van der Waals surface area contributed by atoms with Crippen molar-refractivity contribution >= 4 is 12.2 Å². The standard InChI is InChI=1S/C24H22NO2/c1-25(24(27)22-9-3-2-4-10-22)18-20-7-5-11-23(17-20)21-14-12-19(13-15-21)8-6-16-26/h2-5,7,9-15,17H,6,8,18H2,1H3. The summed E-state index contributed by atoms with van der Waals surface area (Å²) in [6.45, 7) is 0.550. The fraction of sp³-hybridized carbons (Fsp3) is 0.167.